The van der Waals surface area contributed by atoms with Crippen LogP contribution in [-0.4, -0.2) is 28.1 Å². The number of carbonyl (C=O) groups excluding carboxylic acids is 1. The van der Waals surface area contributed by atoms with E-state index in [2.05, 4.69) is 28.9 Å². The first-order chi connectivity index (χ1) is 8.21. The van der Waals surface area contributed by atoms with Gasteiger partial charge in [-0.1, -0.05) is 38.3 Å². The molecule has 1 unspecified atom stereocenters. The number of methoxy groups -OCH3 is 1. The molecule has 0 aliphatic carbocycles. The molecular formula is C12H21N3O2. The van der Waals surface area contributed by atoms with Crippen LogP contribution in [0.25, 0.3) is 0 Å². The molecule has 1 atom stereocenters. The van der Waals surface area contributed by atoms with E-state index in [1.165, 1.54) is 26.4 Å². The average Bonchev–Trinajstić information content (AvgIpc) is 2.81. The van der Waals surface area contributed by atoms with Crippen molar-refractivity contribution in [3.05, 3.63) is 11.9 Å². The molecule has 1 rings (SSSR count). The molecule has 0 bridgehead atoms. The van der Waals surface area contributed by atoms with Gasteiger partial charge in [0, 0.05) is 6.54 Å². The molecule has 17 heavy (non-hydrogen) atoms. The predicted molar refractivity (Wildman–Crippen MR) is 64.7 cm³/mol. The Hall–Kier alpha value is -1.39. The lowest BCUT2D eigenvalue weighted by Crippen LogP contribution is -2.10. The molecule has 0 saturated heterocycles. The molecule has 5 heteroatoms. The summed E-state index contributed by atoms with van der Waals surface area (Å²) in [5, 5.41) is 7.74. The summed E-state index contributed by atoms with van der Waals surface area (Å²) < 4.78 is 6.32. The molecule has 1 aromatic heterocycles. The van der Waals surface area contributed by atoms with Crippen molar-refractivity contribution in [2.45, 2.75) is 46.1 Å². The van der Waals surface area contributed by atoms with Crippen molar-refractivity contribution >= 4 is 5.97 Å². The summed E-state index contributed by atoms with van der Waals surface area (Å²) in [5.74, 6) is 0.167. The maximum Gasteiger partial charge on any atom is 0.360 e. The lowest BCUT2D eigenvalue weighted by atomic mass is 9.99. The highest BCUT2D eigenvalue weighted by Gasteiger charge is 2.13. The molecule has 96 valence electrons. The van der Waals surface area contributed by atoms with Crippen LogP contribution in [0.15, 0.2) is 6.20 Å². The third-order valence-electron chi connectivity index (χ3n) is 2.92. The minimum atomic E-state index is -0.433. The van der Waals surface area contributed by atoms with Gasteiger partial charge in [0.1, 0.15) is 0 Å². The van der Waals surface area contributed by atoms with Gasteiger partial charge in [-0.15, -0.1) is 5.10 Å². The second-order valence-corrected chi connectivity index (χ2v) is 4.23. The van der Waals surface area contributed by atoms with Crippen molar-refractivity contribution in [1.29, 1.82) is 0 Å². The SMILES string of the molecule is CCCCC(CC)Cn1cc(C(=O)OC)nn1. The summed E-state index contributed by atoms with van der Waals surface area (Å²) in [7, 11) is 1.34. The molecule has 1 heterocycles. The Morgan fingerprint density at radius 3 is 2.88 bits per heavy atom. The van der Waals surface area contributed by atoms with Crippen molar-refractivity contribution in [3.8, 4) is 0 Å². The van der Waals surface area contributed by atoms with Gasteiger partial charge in [0.25, 0.3) is 0 Å². The molecule has 0 radical (unpaired) electrons. The summed E-state index contributed by atoms with van der Waals surface area (Å²) in [6.45, 7) is 5.19. The van der Waals surface area contributed by atoms with Crippen LogP contribution >= 0.6 is 0 Å². The molecule has 0 aliphatic heterocycles. The molecule has 0 aliphatic rings. The average molecular weight is 239 g/mol. The second-order valence-electron chi connectivity index (χ2n) is 4.23. The van der Waals surface area contributed by atoms with Gasteiger partial charge in [-0.05, 0) is 12.3 Å². The number of nitrogens with zero attached hydrogens (tertiary/aromatic N) is 3. The minimum absolute atomic E-state index is 0.276. The van der Waals surface area contributed by atoms with Gasteiger partial charge in [0.2, 0.25) is 0 Å². The van der Waals surface area contributed by atoms with Crippen molar-refractivity contribution in [1.82, 2.24) is 15.0 Å². The maximum atomic E-state index is 11.2. The summed E-state index contributed by atoms with van der Waals surface area (Å²) in [5.41, 5.74) is 0.276. The van der Waals surface area contributed by atoms with Crippen LogP contribution in [-0.2, 0) is 11.3 Å². The normalized spacial score (nSPS) is 12.4. The number of hydrogen-bond donors (Lipinski definition) is 0. The second kappa shape index (κ2) is 7.04. The highest BCUT2D eigenvalue weighted by atomic mass is 16.5. The van der Waals surface area contributed by atoms with Crippen LogP contribution in [0.3, 0.4) is 0 Å². The van der Waals surface area contributed by atoms with Gasteiger partial charge >= 0.3 is 5.97 Å². The number of carbonyl (C=O) groups is 1. The fraction of sp³-hybridized carbons (Fsp3) is 0.750. The van der Waals surface area contributed by atoms with Gasteiger partial charge in [0.05, 0.1) is 13.3 Å². The van der Waals surface area contributed by atoms with E-state index in [-0.39, 0.29) is 5.69 Å². The number of ether oxygens (including phenoxy) is 1. The monoisotopic (exact) mass is 239 g/mol. The number of aromatic nitrogens is 3. The van der Waals surface area contributed by atoms with E-state index >= 15 is 0 Å². The van der Waals surface area contributed by atoms with Crippen molar-refractivity contribution < 1.29 is 9.53 Å². The Morgan fingerprint density at radius 1 is 1.53 bits per heavy atom. The third kappa shape index (κ3) is 4.17. The van der Waals surface area contributed by atoms with E-state index in [1.54, 1.807) is 10.9 Å². The van der Waals surface area contributed by atoms with Gasteiger partial charge < -0.3 is 4.74 Å². The van der Waals surface area contributed by atoms with Gasteiger partial charge in [-0.25, -0.2) is 4.79 Å². The Kier molecular flexibility index (Phi) is 5.66. The van der Waals surface area contributed by atoms with Crippen molar-refractivity contribution in [2.75, 3.05) is 7.11 Å². The lowest BCUT2D eigenvalue weighted by molar-refractivity contribution is 0.0594. The molecule has 1 aromatic rings. The Labute approximate surface area is 102 Å². The number of unbranched alkanes of at least 4 members (excludes halogenated alkanes) is 1. The first kappa shape index (κ1) is 13.7. The standard InChI is InChI=1S/C12H21N3O2/c1-4-6-7-10(5-2)8-15-9-11(13-14-15)12(16)17-3/h9-10H,4-8H2,1-3H3. The smallest absolute Gasteiger partial charge is 0.360 e. The zero-order valence-corrected chi connectivity index (χ0v) is 10.8. The summed E-state index contributed by atoms with van der Waals surface area (Å²) in [6, 6.07) is 0. The fourth-order valence-corrected chi connectivity index (χ4v) is 1.77. The highest BCUT2D eigenvalue weighted by molar-refractivity contribution is 5.86. The first-order valence-corrected chi connectivity index (χ1v) is 6.19. The molecule has 0 aromatic carbocycles. The summed E-state index contributed by atoms with van der Waals surface area (Å²) >= 11 is 0. The quantitative estimate of drug-likeness (QED) is 0.685. The fourth-order valence-electron chi connectivity index (χ4n) is 1.77. The van der Waals surface area contributed by atoms with Gasteiger partial charge in [0.15, 0.2) is 5.69 Å². The zero-order valence-electron chi connectivity index (χ0n) is 10.8. The van der Waals surface area contributed by atoms with Gasteiger partial charge in [-0.3, -0.25) is 4.68 Å². The van der Waals surface area contributed by atoms with E-state index in [0.29, 0.717) is 5.92 Å². The van der Waals surface area contributed by atoms with E-state index in [1.807, 2.05) is 0 Å². The lowest BCUT2D eigenvalue weighted by Gasteiger charge is -2.13. The molecule has 0 amide bonds. The van der Waals surface area contributed by atoms with Crippen LogP contribution in [0.2, 0.25) is 0 Å². The Balaban J connectivity index is 2.54. The van der Waals surface area contributed by atoms with Crippen LogP contribution in [0.5, 0.6) is 0 Å². The molecule has 5 nitrogen and oxygen atoms in total. The predicted octanol–water partition coefficient (Wildman–Crippen LogP) is 2.28. The Morgan fingerprint density at radius 2 is 2.29 bits per heavy atom. The largest absolute Gasteiger partial charge is 0.464 e. The maximum absolute atomic E-state index is 11.2. The summed E-state index contributed by atoms with van der Waals surface area (Å²) in [4.78, 5) is 11.2. The van der Waals surface area contributed by atoms with Crippen molar-refractivity contribution in [2.24, 2.45) is 5.92 Å². The zero-order chi connectivity index (χ0) is 12.7. The van der Waals surface area contributed by atoms with E-state index in [9.17, 15) is 4.79 Å². The molecule has 0 N–H and O–H groups in total. The van der Waals surface area contributed by atoms with Crippen LogP contribution < -0.4 is 0 Å². The minimum Gasteiger partial charge on any atom is -0.464 e. The summed E-state index contributed by atoms with van der Waals surface area (Å²) in [6.07, 6.45) is 6.41. The number of hydrogen-bond acceptors (Lipinski definition) is 4. The van der Waals surface area contributed by atoms with E-state index < -0.39 is 5.97 Å². The van der Waals surface area contributed by atoms with Crippen LogP contribution in [0.4, 0.5) is 0 Å². The van der Waals surface area contributed by atoms with E-state index in [0.717, 1.165) is 13.0 Å². The number of esters is 1. The van der Waals surface area contributed by atoms with Crippen LogP contribution in [0, 0.1) is 5.92 Å². The molecule has 0 spiro atoms. The molecule has 0 fully saturated rings. The topological polar surface area (TPSA) is 57.0 Å². The third-order valence-corrected chi connectivity index (χ3v) is 2.92. The first-order valence-electron chi connectivity index (χ1n) is 6.19. The van der Waals surface area contributed by atoms with Crippen LogP contribution in [0.1, 0.15) is 50.0 Å². The number of rotatable bonds is 7. The molecular weight excluding hydrogens is 218 g/mol. The highest BCUT2D eigenvalue weighted by Crippen LogP contribution is 2.14. The molecule has 0 saturated carbocycles. The Bertz CT molecular complexity index is 349. The van der Waals surface area contributed by atoms with Crippen molar-refractivity contribution in [3.63, 3.8) is 0 Å². The van der Waals surface area contributed by atoms with Gasteiger partial charge in [-0.2, -0.15) is 0 Å². The van der Waals surface area contributed by atoms with E-state index in [4.69, 9.17) is 0 Å².